The smallest absolute Gasteiger partial charge is 0.00489 e. The van der Waals surface area contributed by atoms with Gasteiger partial charge in [-0.2, -0.15) is 0 Å². The maximum atomic E-state index is 3.35. The molecule has 1 N–H and O–H groups in total. The molecule has 2 rings (SSSR count). The Balaban J connectivity index is 0.000000132. The molecule has 1 saturated heterocycles. The van der Waals surface area contributed by atoms with E-state index in [1.54, 1.807) is 0 Å². The Kier molecular flexibility index (Phi) is 6.17. The lowest BCUT2D eigenvalue weighted by Crippen LogP contribution is -2.12. The van der Waals surface area contributed by atoms with Crippen molar-refractivity contribution in [3.8, 4) is 0 Å². The molecule has 0 spiro atoms. The van der Waals surface area contributed by atoms with E-state index >= 15 is 0 Å². The van der Waals surface area contributed by atoms with Gasteiger partial charge in [0.1, 0.15) is 0 Å². The van der Waals surface area contributed by atoms with E-state index in [0.29, 0.717) is 0 Å². The summed E-state index contributed by atoms with van der Waals surface area (Å²) in [6.45, 7) is 2.50. The van der Waals surface area contributed by atoms with Crippen molar-refractivity contribution in [1.82, 2.24) is 5.32 Å². The second kappa shape index (κ2) is 7.81. The van der Waals surface area contributed by atoms with E-state index in [9.17, 15) is 0 Å². The van der Waals surface area contributed by atoms with Crippen LogP contribution in [0.4, 0.5) is 0 Å². The molecule has 1 aliphatic rings. The number of hydrogen-bond donors (Lipinski definition) is 1. The Bertz CT molecular complexity index is 137. The Labute approximate surface area is 81.2 Å². The van der Waals surface area contributed by atoms with Crippen molar-refractivity contribution in [3.63, 3.8) is 0 Å². The van der Waals surface area contributed by atoms with Crippen LogP contribution in [0.1, 0.15) is 25.7 Å². The van der Waals surface area contributed by atoms with Gasteiger partial charge in [0.05, 0.1) is 0 Å². The predicted molar refractivity (Wildman–Crippen MR) is 57.8 cm³/mol. The van der Waals surface area contributed by atoms with Gasteiger partial charge >= 0.3 is 0 Å². The monoisotopic (exact) mass is 177 g/mol. The second-order valence-corrected chi connectivity index (χ2v) is 3.32. The van der Waals surface area contributed by atoms with Gasteiger partial charge in [-0.15, -0.1) is 0 Å². The van der Waals surface area contributed by atoms with Crippen LogP contribution < -0.4 is 5.32 Å². The minimum absolute atomic E-state index is 1.25. The van der Waals surface area contributed by atoms with Crippen molar-refractivity contribution in [3.05, 3.63) is 36.4 Å². The van der Waals surface area contributed by atoms with Gasteiger partial charge in [0.15, 0.2) is 0 Å². The predicted octanol–water partition coefficient (Wildman–Crippen LogP) is 2.84. The molecule has 1 aromatic carbocycles. The van der Waals surface area contributed by atoms with Crippen molar-refractivity contribution < 1.29 is 0 Å². The van der Waals surface area contributed by atoms with Crippen molar-refractivity contribution in [2.75, 3.05) is 13.1 Å². The molecule has 0 bridgehead atoms. The SMILES string of the molecule is C1CCCNCC1.c1ccccc1. The molecule has 0 saturated carbocycles. The Morgan fingerprint density at radius 1 is 0.538 bits per heavy atom. The zero-order chi connectivity index (χ0) is 9.19. The van der Waals surface area contributed by atoms with Gasteiger partial charge in [-0.25, -0.2) is 0 Å². The first kappa shape index (κ1) is 10.3. The van der Waals surface area contributed by atoms with Gasteiger partial charge in [0.25, 0.3) is 0 Å². The minimum atomic E-state index is 1.25. The molecule has 1 aliphatic heterocycles. The fourth-order valence-corrected chi connectivity index (χ4v) is 1.36. The molecule has 1 heterocycles. The summed E-state index contributed by atoms with van der Waals surface area (Å²) in [5, 5.41) is 3.35. The van der Waals surface area contributed by atoms with Gasteiger partial charge in [-0.1, -0.05) is 49.2 Å². The Morgan fingerprint density at radius 2 is 0.923 bits per heavy atom. The lowest BCUT2D eigenvalue weighted by atomic mass is 10.2. The van der Waals surface area contributed by atoms with E-state index in [-0.39, 0.29) is 0 Å². The number of nitrogens with one attached hydrogen (secondary N) is 1. The zero-order valence-electron chi connectivity index (χ0n) is 8.21. The summed E-state index contributed by atoms with van der Waals surface area (Å²) in [5.74, 6) is 0. The maximum absolute atomic E-state index is 3.35. The van der Waals surface area contributed by atoms with Gasteiger partial charge in [0.2, 0.25) is 0 Å². The average molecular weight is 177 g/mol. The van der Waals surface area contributed by atoms with Crippen molar-refractivity contribution >= 4 is 0 Å². The van der Waals surface area contributed by atoms with Crippen LogP contribution >= 0.6 is 0 Å². The van der Waals surface area contributed by atoms with Gasteiger partial charge in [-0.3, -0.25) is 0 Å². The van der Waals surface area contributed by atoms with Crippen molar-refractivity contribution in [2.24, 2.45) is 0 Å². The maximum Gasteiger partial charge on any atom is -0.00489 e. The van der Waals surface area contributed by atoms with E-state index in [1.165, 1.54) is 38.8 Å². The summed E-state index contributed by atoms with van der Waals surface area (Å²) in [4.78, 5) is 0. The highest BCUT2D eigenvalue weighted by molar-refractivity contribution is 4.99. The van der Waals surface area contributed by atoms with Crippen LogP contribution in [0.5, 0.6) is 0 Å². The minimum Gasteiger partial charge on any atom is -0.317 e. The van der Waals surface area contributed by atoms with Gasteiger partial charge in [-0.05, 0) is 25.9 Å². The molecule has 0 unspecified atom stereocenters. The van der Waals surface area contributed by atoms with Crippen molar-refractivity contribution in [1.29, 1.82) is 0 Å². The van der Waals surface area contributed by atoms with Crippen LogP contribution in [0.2, 0.25) is 0 Å². The van der Waals surface area contributed by atoms with Crippen LogP contribution in [0.15, 0.2) is 36.4 Å². The number of benzene rings is 1. The standard InChI is InChI=1S/C6H13N.C6H6/c1-2-4-6-7-5-3-1;1-2-4-6-5-3-1/h7H,1-6H2;1-6H. The quantitative estimate of drug-likeness (QED) is 0.642. The lowest BCUT2D eigenvalue weighted by molar-refractivity contribution is 0.702. The topological polar surface area (TPSA) is 12.0 Å². The average Bonchev–Trinajstić information content (AvgIpc) is 2.53. The molecular formula is C12H19N. The molecule has 1 heteroatoms. The number of hydrogen-bond acceptors (Lipinski definition) is 1. The normalized spacial score (nSPS) is 16.6. The summed E-state index contributed by atoms with van der Waals surface area (Å²) in [5.41, 5.74) is 0. The molecule has 0 radical (unpaired) electrons. The molecule has 72 valence electrons. The third-order valence-corrected chi connectivity index (χ3v) is 2.12. The van der Waals surface area contributed by atoms with E-state index in [1.807, 2.05) is 36.4 Å². The molecule has 0 aliphatic carbocycles. The van der Waals surface area contributed by atoms with Crippen molar-refractivity contribution in [2.45, 2.75) is 25.7 Å². The molecule has 0 aromatic heterocycles. The summed E-state index contributed by atoms with van der Waals surface area (Å²) in [6.07, 6.45) is 5.65. The van der Waals surface area contributed by atoms with Crippen LogP contribution in [0, 0.1) is 0 Å². The van der Waals surface area contributed by atoms with Crippen LogP contribution in [0.3, 0.4) is 0 Å². The summed E-state index contributed by atoms with van der Waals surface area (Å²) < 4.78 is 0. The third kappa shape index (κ3) is 6.35. The second-order valence-electron chi connectivity index (χ2n) is 3.32. The number of rotatable bonds is 0. The third-order valence-electron chi connectivity index (χ3n) is 2.12. The molecule has 1 fully saturated rings. The van der Waals surface area contributed by atoms with E-state index in [2.05, 4.69) is 5.32 Å². The largest absolute Gasteiger partial charge is 0.317 e. The van der Waals surface area contributed by atoms with Crippen LogP contribution in [0.25, 0.3) is 0 Å². The fraction of sp³-hybridized carbons (Fsp3) is 0.500. The Morgan fingerprint density at radius 3 is 1.31 bits per heavy atom. The zero-order valence-corrected chi connectivity index (χ0v) is 8.21. The van der Waals surface area contributed by atoms with E-state index in [0.717, 1.165) is 0 Å². The van der Waals surface area contributed by atoms with Gasteiger partial charge in [0, 0.05) is 0 Å². The van der Waals surface area contributed by atoms with Gasteiger partial charge < -0.3 is 5.32 Å². The molecule has 1 nitrogen and oxygen atoms in total. The summed E-state index contributed by atoms with van der Waals surface area (Å²) in [6, 6.07) is 12.0. The highest BCUT2D eigenvalue weighted by Gasteiger charge is 1.94. The molecule has 1 aromatic rings. The lowest BCUT2D eigenvalue weighted by Gasteiger charge is -1.91. The highest BCUT2D eigenvalue weighted by atomic mass is 14.8. The Hall–Kier alpha value is -0.820. The summed E-state index contributed by atoms with van der Waals surface area (Å²) in [7, 11) is 0. The van der Waals surface area contributed by atoms with Crippen LogP contribution in [-0.4, -0.2) is 13.1 Å². The van der Waals surface area contributed by atoms with Crippen LogP contribution in [-0.2, 0) is 0 Å². The molecule has 13 heavy (non-hydrogen) atoms. The van der Waals surface area contributed by atoms with E-state index in [4.69, 9.17) is 0 Å². The highest BCUT2D eigenvalue weighted by Crippen LogP contribution is 2.00. The fourth-order valence-electron chi connectivity index (χ4n) is 1.36. The molecular weight excluding hydrogens is 158 g/mol. The summed E-state index contributed by atoms with van der Waals surface area (Å²) >= 11 is 0. The first-order valence-electron chi connectivity index (χ1n) is 5.21. The first-order chi connectivity index (χ1) is 6.50. The van der Waals surface area contributed by atoms with E-state index < -0.39 is 0 Å². The molecule has 0 amide bonds. The first-order valence-corrected chi connectivity index (χ1v) is 5.21. The molecule has 0 atom stereocenters.